The standard InChI is InChI=1S/C32H29FN2O6S/c1-5-40-31(37)28-19(2)34-32-35(29(28)21-14-15-25(38-3)26(16-21)39-4)30(36)27(42-32)17-20-10-7-9-13-24(20)41-18-22-11-6-8-12-23(22)33/h6-17,29H,5,18H2,1-4H3/b27-17-/t29-/m0/s1. The van der Waals surface area contributed by atoms with Crippen LogP contribution in [0.25, 0.3) is 6.08 Å². The van der Waals surface area contributed by atoms with Gasteiger partial charge in [-0.3, -0.25) is 9.36 Å². The molecule has 1 aliphatic rings. The number of halogens is 1. The third kappa shape index (κ3) is 5.58. The molecule has 0 amide bonds. The summed E-state index contributed by atoms with van der Waals surface area (Å²) in [6.45, 7) is 3.64. The van der Waals surface area contributed by atoms with E-state index in [1.807, 2.05) is 18.2 Å². The number of benzene rings is 3. The number of hydrogen-bond acceptors (Lipinski definition) is 8. The van der Waals surface area contributed by atoms with Crippen molar-refractivity contribution in [2.45, 2.75) is 26.5 Å². The van der Waals surface area contributed by atoms with Crippen molar-refractivity contribution in [2.75, 3.05) is 20.8 Å². The van der Waals surface area contributed by atoms with Crippen molar-refractivity contribution in [1.29, 1.82) is 0 Å². The van der Waals surface area contributed by atoms with Crippen molar-refractivity contribution < 1.29 is 28.1 Å². The number of methoxy groups -OCH3 is 2. The molecule has 0 bridgehead atoms. The first-order valence-electron chi connectivity index (χ1n) is 13.2. The highest BCUT2D eigenvalue weighted by molar-refractivity contribution is 7.07. The molecular formula is C32H29FN2O6S. The number of rotatable bonds is 9. The van der Waals surface area contributed by atoms with Gasteiger partial charge in [0.2, 0.25) is 0 Å². The van der Waals surface area contributed by atoms with Gasteiger partial charge in [0.1, 0.15) is 18.2 Å². The quantitative estimate of drug-likeness (QED) is 0.267. The summed E-state index contributed by atoms with van der Waals surface area (Å²) in [6.07, 6.45) is 1.72. The Bertz CT molecular complexity index is 1860. The fraction of sp³-hybridized carbons (Fsp3) is 0.219. The van der Waals surface area contributed by atoms with Crippen LogP contribution in [0.1, 0.15) is 36.6 Å². The van der Waals surface area contributed by atoms with Crippen molar-refractivity contribution in [3.8, 4) is 17.2 Å². The molecule has 0 radical (unpaired) electrons. The Balaban J connectivity index is 1.63. The number of esters is 1. The van der Waals surface area contributed by atoms with E-state index in [-0.39, 0.29) is 30.2 Å². The van der Waals surface area contributed by atoms with Crippen LogP contribution in [0, 0.1) is 5.82 Å². The van der Waals surface area contributed by atoms with Gasteiger partial charge in [0, 0.05) is 11.1 Å². The molecule has 0 unspecified atom stereocenters. The molecule has 1 aliphatic heterocycles. The highest BCUT2D eigenvalue weighted by Gasteiger charge is 2.34. The summed E-state index contributed by atoms with van der Waals surface area (Å²) in [5.41, 5.74) is 2.07. The number of nitrogens with zero attached hydrogens (tertiary/aromatic N) is 2. The van der Waals surface area contributed by atoms with Gasteiger partial charge in [0.15, 0.2) is 16.3 Å². The van der Waals surface area contributed by atoms with Gasteiger partial charge in [-0.15, -0.1) is 0 Å². The van der Waals surface area contributed by atoms with Gasteiger partial charge in [-0.2, -0.15) is 0 Å². The van der Waals surface area contributed by atoms with Gasteiger partial charge in [-0.25, -0.2) is 14.2 Å². The van der Waals surface area contributed by atoms with E-state index >= 15 is 0 Å². The van der Waals surface area contributed by atoms with Gasteiger partial charge < -0.3 is 18.9 Å². The molecule has 1 atom stereocenters. The normalized spacial score (nSPS) is 14.7. The van der Waals surface area contributed by atoms with Crippen LogP contribution in [0.5, 0.6) is 17.2 Å². The second kappa shape index (κ2) is 12.4. The number of carbonyl (C=O) groups is 1. The topological polar surface area (TPSA) is 88.4 Å². The summed E-state index contributed by atoms with van der Waals surface area (Å²) < 4.78 is 38.3. The van der Waals surface area contributed by atoms with Crippen LogP contribution in [-0.2, 0) is 16.1 Å². The predicted molar refractivity (Wildman–Crippen MR) is 157 cm³/mol. The van der Waals surface area contributed by atoms with E-state index < -0.39 is 12.0 Å². The van der Waals surface area contributed by atoms with E-state index in [1.165, 1.54) is 36.2 Å². The minimum atomic E-state index is -0.810. The lowest BCUT2D eigenvalue weighted by Gasteiger charge is -2.25. The van der Waals surface area contributed by atoms with Gasteiger partial charge in [-0.05, 0) is 49.8 Å². The molecule has 4 aromatic rings. The maximum Gasteiger partial charge on any atom is 0.338 e. The molecule has 0 spiro atoms. The number of fused-ring (bicyclic) bond motifs is 1. The smallest absolute Gasteiger partial charge is 0.338 e. The maximum absolute atomic E-state index is 14.2. The van der Waals surface area contributed by atoms with Crippen molar-refractivity contribution in [3.63, 3.8) is 0 Å². The third-order valence-corrected chi connectivity index (χ3v) is 7.77. The van der Waals surface area contributed by atoms with Gasteiger partial charge in [0.25, 0.3) is 5.56 Å². The Morgan fingerprint density at radius 3 is 2.50 bits per heavy atom. The van der Waals surface area contributed by atoms with Crippen LogP contribution in [0.3, 0.4) is 0 Å². The lowest BCUT2D eigenvalue weighted by Crippen LogP contribution is -2.40. The molecule has 0 N–H and O–H groups in total. The SMILES string of the molecule is CCOC(=O)C1=C(C)N=c2s/c(=C\c3ccccc3OCc3ccccc3F)c(=O)n2[C@H]1c1ccc(OC)c(OC)c1. The number of allylic oxidation sites excluding steroid dienone is 1. The first-order chi connectivity index (χ1) is 20.4. The van der Waals surface area contributed by atoms with Crippen molar-refractivity contribution in [2.24, 2.45) is 4.99 Å². The van der Waals surface area contributed by atoms with Crippen LogP contribution in [-0.4, -0.2) is 31.4 Å². The van der Waals surface area contributed by atoms with Gasteiger partial charge >= 0.3 is 5.97 Å². The van der Waals surface area contributed by atoms with E-state index in [9.17, 15) is 14.0 Å². The van der Waals surface area contributed by atoms with Crippen molar-refractivity contribution >= 4 is 23.4 Å². The molecule has 0 fully saturated rings. The second-order valence-electron chi connectivity index (χ2n) is 9.33. The van der Waals surface area contributed by atoms with Crippen molar-refractivity contribution in [3.05, 3.63) is 120 Å². The Hall–Kier alpha value is -4.70. The summed E-state index contributed by atoms with van der Waals surface area (Å²) in [7, 11) is 3.05. The van der Waals surface area contributed by atoms with Crippen LogP contribution in [0.15, 0.2) is 87.8 Å². The first-order valence-corrected chi connectivity index (χ1v) is 14.0. The zero-order valence-corrected chi connectivity index (χ0v) is 24.4. The number of para-hydroxylation sites is 1. The van der Waals surface area contributed by atoms with E-state index in [2.05, 4.69) is 4.99 Å². The minimum absolute atomic E-state index is 0.0280. The predicted octanol–water partition coefficient (Wildman–Crippen LogP) is 4.53. The first kappa shape index (κ1) is 28.8. The third-order valence-electron chi connectivity index (χ3n) is 6.79. The highest BCUT2D eigenvalue weighted by atomic mass is 32.1. The molecule has 10 heteroatoms. The molecule has 5 rings (SSSR count). The minimum Gasteiger partial charge on any atom is -0.493 e. The number of carbonyl (C=O) groups excluding carboxylic acids is 1. The average molecular weight is 589 g/mol. The fourth-order valence-electron chi connectivity index (χ4n) is 4.77. The largest absolute Gasteiger partial charge is 0.493 e. The van der Waals surface area contributed by atoms with E-state index in [0.717, 1.165) is 0 Å². The highest BCUT2D eigenvalue weighted by Crippen LogP contribution is 2.36. The lowest BCUT2D eigenvalue weighted by molar-refractivity contribution is -0.139. The Labute approximate surface area is 245 Å². The van der Waals surface area contributed by atoms with Crippen LogP contribution >= 0.6 is 11.3 Å². The number of aromatic nitrogens is 1. The molecule has 8 nitrogen and oxygen atoms in total. The van der Waals surface area contributed by atoms with Gasteiger partial charge in [0.05, 0.1) is 42.7 Å². The van der Waals surface area contributed by atoms with Crippen LogP contribution in [0.2, 0.25) is 0 Å². The zero-order chi connectivity index (χ0) is 29.8. The molecule has 2 heterocycles. The monoisotopic (exact) mass is 588 g/mol. The summed E-state index contributed by atoms with van der Waals surface area (Å²) in [6, 6.07) is 18.1. The lowest BCUT2D eigenvalue weighted by atomic mass is 9.95. The molecule has 0 saturated carbocycles. The van der Waals surface area contributed by atoms with E-state index in [4.69, 9.17) is 18.9 Å². The molecule has 3 aromatic carbocycles. The summed E-state index contributed by atoms with van der Waals surface area (Å²) in [5.74, 6) is 0.548. The molecule has 42 heavy (non-hydrogen) atoms. The van der Waals surface area contributed by atoms with E-state index in [0.29, 0.717) is 49.0 Å². The van der Waals surface area contributed by atoms with Crippen molar-refractivity contribution in [1.82, 2.24) is 4.57 Å². The fourth-order valence-corrected chi connectivity index (χ4v) is 5.81. The number of ether oxygens (including phenoxy) is 4. The average Bonchev–Trinajstić information content (AvgIpc) is 3.30. The number of hydrogen-bond donors (Lipinski definition) is 0. The van der Waals surface area contributed by atoms with Gasteiger partial charge in [-0.1, -0.05) is 53.8 Å². The molecular weight excluding hydrogens is 559 g/mol. The molecule has 1 aromatic heterocycles. The second-order valence-corrected chi connectivity index (χ2v) is 10.3. The Morgan fingerprint density at radius 2 is 1.76 bits per heavy atom. The summed E-state index contributed by atoms with van der Waals surface area (Å²) in [5, 5.41) is 0. The van der Waals surface area contributed by atoms with Crippen LogP contribution < -0.4 is 29.1 Å². The molecule has 0 aliphatic carbocycles. The maximum atomic E-state index is 14.2. The zero-order valence-electron chi connectivity index (χ0n) is 23.5. The molecule has 0 saturated heterocycles. The Kier molecular flexibility index (Phi) is 8.53. The summed E-state index contributed by atoms with van der Waals surface area (Å²) >= 11 is 1.20. The summed E-state index contributed by atoms with van der Waals surface area (Å²) in [4.78, 5) is 32.3. The van der Waals surface area contributed by atoms with E-state index in [1.54, 1.807) is 62.4 Å². The number of thiazole rings is 1. The molecule has 216 valence electrons. The Morgan fingerprint density at radius 1 is 1.02 bits per heavy atom. The van der Waals surface area contributed by atoms with Crippen LogP contribution in [0.4, 0.5) is 4.39 Å².